The van der Waals surface area contributed by atoms with E-state index in [-0.39, 0.29) is 18.4 Å². The van der Waals surface area contributed by atoms with Crippen molar-refractivity contribution >= 4 is 29.1 Å². The summed E-state index contributed by atoms with van der Waals surface area (Å²) in [6.45, 7) is 7.73. The third-order valence-corrected chi connectivity index (χ3v) is 5.90. The standard InChI is InChI=1S/C23H26ClN5O2/c1-16-6-7-29-20(17(2)26-21(29)12-16)15-27-8-10-28(11-9-27)22(30)14-25-23(31)18-4-3-5-19(24)13-18/h3-7,12-13H,8-11,14-15H2,1-2H3,(H,25,31). The van der Waals surface area contributed by atoms with Crippen LogP contribution in [0.1, 0.15) is 27.3 Å². The number of halogens is 1. The zero-order valence-electron chi connectivity index (χ0n) is 17.8. The van der Waals surface area contributed by atoms with E-state index in [1.54, 1.807) is 29.2 Å². The Morgan fingerprint density at radius 2 is 1.87 bits per heavy atom. The lowest BCUT2D eigenvalue weighted by Gasteiger charge is -2.34. The van der Waals surface area contributed by atoms with Crippen LogP contribution in [-0.4, -0.2) is 63.7 Å². The molecule has 7 nitrogen and oxygen atoms in total. The maximum Gasteiger partial charge on any atom is 0.251 e. The summed E-state index contributed by atoms with van der Waals surface area (Å²) in [5.74, 6) is -0.371. The van der Waals surface area contributed by atoms with E-state index in [2.05, 4.69) is 44.9 Å². The molecule has 1 N–H and O–H groups in total. The molecule has 31 heavy (non-hydrogen) atoms. The molecule has 1 aliphatic rings. The van der Waals surface area contributed by atoms with Crippen molar-refractivity contribution in [3.05, 3.63) is 70.1 Å². The molecule has 3 aromatic rings. The van der Waals surface area contributed by atoms with Gasteiger partial charge < -0.3 is 14.6 Å². The van der Waals surface area contributed by atoms with Crippen LogP contribution in [0.2, 0.25) is 5.02 Å². The Balaban J connectivity index is 1.29. The summed E-state index contributed by atoms with van der Waals surface area (Å²) in [4.78, 5) is 33.6. The molecule has 1 aromatic carbocycles. The third kappa shape index (κ3) is 4.89. The van der Waals surface area contributed by atoms with Crippen LogP contribution in [0.25, 0.3) is 5.65 Å². The molecule has 2 amide bonds. The quantitative estimate of drug-likeness (QED) is 0.663. The zero-order chi connectivity index (χ0) is 22.0. The molecule has 0 atom stereocenters. The lowest BCUT2D eigenvalue weighted by molar-refractivity contribution is -0.131. The Morgan fingerprint density at radius 3 is 2.61 bits per heavy atom. The minimum atomic E-state index is -0.298. The van der Waals surface area contributed by atoms with Gasteiger partial charge in [0.25, 0.3) is 5.91 Å². The third-order valence-electron chi connectivity index (χ3n) is 5.67. The molecular weight excluding hydrogens is 414 g/mol. The lowest BCUT2D eigenvalue weighted by Crippen LogP contribution is -2.51. The number of piperazine rings is 1. The van der Waals surface area contributed by atoms with Crippen molar-refractivity contribution < 1.29 is 9.59 Å². The van der Waals surface area contributed by atoms with Crippen LogP contribution < -0.4 is 5.32 Å². The van der Waals surface area contributed by atoms with Gasteiger partial charge in [-0.3, -0.25) is 14.5 Å². The summed E-state index contributed by atoms with van der Waals surface area (Å²) in [5.41, 5.74) is 4.83. The molecule has 0 unspecified atom stereocenters. The van der Waals surface area contributed by atoms with Gasteiger partial charge in [-0.15, -0.1) is 0 Å². The van der Waals surface area contributed by atoms with Gasteiger partial charge in [0, 0.05) is 49.5 Å². The predicted octanol–water partition coefficient (Wildman–Crippen LogP) is 2.68. The number of aryl methyl sites for hydroxylation is 2. The smallest absolute Gasteiger partial charge is 0.251 e. The lowest BCUT2D eigenvalue weighted by atomic mass is 10.2. The number of nitrogens with zero attached hydrogens (tertiary/aromatic N) is 4. The summed E-state index contributed by atoms with van der Waals surface area (Å²) >= 11 is 5.92. The number of pyridine rings is 1. The van der Waals surface area contributed by atoms with E-state index in [0.717, 1.165) is 31.0 Å². The van der Waals surface area contributed by atoms with Crippen LogP contribution in [-0.2, 0) is 11.3 Å². The van der Waals surface area contributed by atoms with Gasteiger partial charge in [0.2, 0.25) is 5.91 Å². The van der Waals surface area contributed by atoms with Crippen molar-refractivity contribution in [2.75, 3.05) is 32.7 Å². The molecule has 8 heteroatoms. The zero-order valence-corrected chi connectivity index (χ0v) is 18.5. The normalized spacial score (nSPS) is 14.7. The summed E-state index contributed by atoms with van der Waals surface area (Å²) in [5, 5.41) is 3.18. The highest BCUT2D eigenvalue weighted by atomic mass is 35.5. The van der Waals surface area contributed by atoms with Gasteiger partial charge >= 0.3 is 0 Å². The van der Waals surface area contributed by atoms with Gasteiger partial charge in [-0.1, -0.05) is 17.7 Å². The highest BCUT2D eigenvalue weighted by Gasteiger charge is 2.23. The van der Waals surface area contributed by atoms with E-state index in [0.29, 0.717) is 23.7 Å². The fourth-order valence-corrected chi connectivity index (χ4v) is 4.06. The highest BCUT2D eigenvalue weighted by molar-refractivity contribution is 6.30. The number of rotatable bonds is 5. The molecule has 1 saturated heterocycles. The van der Waals surface area contributed by atoms with Crippen LogP contribution >= 0.6 is 11.6 Å². The highest BCUT2D eigenvalue weighted by Crippen LogP contribution is 2.17. The van der Waals surface area contributed by atoms with Gasteiger partial charge in [0.15, 0.2) is 0 Å². The van der Waals surface area contributed by atoms with E-state index < -0.39 is 0 Å². The molecule has 0 saturated carbocycles. The Kier molecular flexibility index (Phi) is 6.25. The number of carbonyl (C=O) groups is 2. The van der Waals surface area contributed by atoms with E-state index in [1.165, 1.54) is 11.3 Å². The molecule has 162 valence electrons. The van der Waals surface area contributed by atoms with Crippen molar-refractivity contribution in [2.24, 2.45) is 0 Å². The summed E-state index contributed by atoms with van der Waals surface area (Å²) < 4.78 is 2.14. The van der Waals surface area contributed by atoms with Crippen LogP contribution in [0, 0.1) is 13.8 Å². The average molecular weight is 440 g/mol. The van der Waals surface area contributed by atoms with E-state index >= 15 is 0 Å². The Hall–Kier alpha value is -2.90. The van der Waals surface area contributed by atoms with E-state index in [9.17, 15) is 9.59 Å². The van der Waals surface area contributed by atoms with Crippen LogP contribution in [0.4, 0.5) is 0 Å². The van der Waals surface area contributed by atoms with E-state index in [1.807, 2.05) is 6.92 Å². The number of hydrogen-bond donors (Lipinski definition) is 1. The Morgan fingerprint density at radius 1 is 1.10 bits per heavy atom. The first kappa shape index (κ1) is 21.3. The summed E-state index contributed by atoms with van der Waals surface area (Å²) in [7, 11) is 0. The first-order valence-electron chi connectivity index (χ1n) is 10.4. The molecule has 3 heterocycles. The van der Waals surface area contributed by atoms with Crippen LogP contribution in [0.15, 0.2) is 42.6 Å². The molecule has 0 aliphatic carbocycles. The first-order chi connectivity index (χ1) is 14.9. The molecule has 1 fully saturated rings. The number of amides is 2. The SMILES string of the molecule is Cc1ccn2c(CN3CCN(C(=O)CNC(=O)c4cccc(Cl)c4)CC3)c(C)nc2c1. The van der Waals surface area contributed by atoms with Gasteiger partial charge in [-0.25, -0.2) is 4.98 Å². The average Bonchev–Trinajstić information content (AvgIpc) is 3.06. The largest absolute Gasteiger partial charge is 0.343 e. The molecule has 4 rings (SSSR count). The van der Waals surface area contributed by atoms with Crippen molar-refractivity contribution in [1.82, 2.24) is 24.5 Å². The fraction of sp³-hybridized carbons (Fsp3) is 0.348. The number of aromatic nitrogens is 2. The number of carbonyl (C=O) groups excluding carboxylic acids is 2. The molecule has 0 spiro atoms. The number of fused-ring (bicyclic) bond motifs is 1. The Bertz CT molecular complexity index is 1120. The van der Waals surface area contributed by atoms with Gasteiger partial charge in [0.1, 0.15) is 5.65 Å². The molecule has 0 bridgehead atoms. The second-order valence-electron chi connectivity index (χ2n) is 7.93. The predicted molar refractivity (Wildman–Crippen MR) is 120 cm³/mol. The first-order valence-corrected chi connectivity index (χ1v) is 10.8. The topological polar surface area (TPSA) is 70.0 Å². The maximum atomic E-state index is 12.5. The van der Waals surface area contributed by atoms with Crippen LogP contribution in [0.5, 0.6) is 0 Å². The van der Waals surface area contributed by atoms with Crippen molar-refractivity contribution in [1.29, 1.82) is 0 Å². The summed E-state index contributed by atoms with van der Waals surface area (Å²) in [6.07, 6.45) is 2.07. The number of benzene rings is 1. The van der Waals surface area contributed by atoms with E-state index in [4.69, 9.17) is 11.6 Å². The number of hydrogen-bond acceptors (Lipinski definition) is 4. The maximum absolute atomic E-state index is 12.5. The molecule has 1 aliphatic heterocycles. The van der Waals surface area contributed by atoms with Crippen molar-refractivity contribution in [3.63, 3.8) is 0 Å². The number of imidazole rings is 1. The second-order valence-corrected chi connectivity index (χ2v) is 8.36. The van der Waals surface area contributed by atoms with Gasteiger partial charge in [0.05, 0.1) is 17.9 Å². The van der Waals surface area contributed by atoms with Gasteiger partial charge in [-0.05, 0) is 49.7 Å². The molecule has 0 radical (unpaired) electrons. The minimum Gasteiger partial charge on any atom is -0.343 e. The molecule has 2 aromatic heterocycles. The Labute approximate surface area is 186 Å². The fourth-order valence-electron chi connectivity index (χ4n) is 3.87. The van der Waals surface area contributed by atoms with Gasteiger partial charge in [-0.2, -0.15) is 0 Å². The van der Waals surface area contributed by atoms with Crippen LogP contribution in [0.3, 0.4) is 0 Å². The monoisotopic (exact) mass is 439 g/mol. The molecular formula is C23H26ClN5O2. The van der Waals surface area contributed by atoms with Crippen molar-refractivity contribution in [3.8, 4) is 0 Å². The number of nitrogens with one attached hydrogen (secondary N) is 1. The second kappa shape index (κ2) is 9.08. The minimum absolute atomic E-state index is 0.0168. The summed E-state index contributed by atoms with van der Waals surface area (Å²) in [6, 6.07) is 10.9. The van der Waals surface area contributed by atoms with Crippen molar-refractivity contribution in [2.45, 2.75) is 20.4 Å².